The molecule has 0 heterocycles. The van der Waals surface area contributed by atoms with E-state index >= 15 is 0 Å². The van der Waals surface area contributed by atoms with Gasteiger partial charge in [-0.1, -0.05) is 93.4 Å². The third kappa shape index (κ3) is 9.09. The van der Waals surface area contributed by atoms with Gasteiger partial charge in [0.15, 0.2) is 0 Å². The number of carbonyl (C=O) groups is 2. The van der Waals surface area contributed by atoms with Gasteiger partial charge in [0.05, 0.1) is 5.75 Å². The minimum absolute atomic E-state index is 0.0328. The van der Waals surface area contributed by atoms with Gasteiger partial charge >= 0.3 is 0 Å². The second-order valence-electron chi connectivity index (χ2n) is 8.79. The van der Waals surface area contributed by atoms with Crippen molar-refractivity contribution in [2.75, 3.05) is 5.75 Å². The van der Waals surface area contributed by atoms with Crippen LogP contribution in [0.3, 0.4) is 0 Å². The summed E-state index contributed by atoms with van der Waals surface area (Å²) in [6.07, 6.45) is 1.28. The number of amides is 2. The summed E-state index contributed by atoms with van der Waals surface area (Å²) in [7, 11) is 0. The van der Waals surface area contributed by atoms with E-state index in [1.807, 2.05) is 80.6 Å². The van der Waals surface area contributed by atoms with E-state index in [-0.39, 0.29) is 17.9 Å². The molecule has 0 spiro atoms. The highest BCUT2D eigenvalue weighted by molar-refractivity contribution is 9.10. The summed E-state index contributed by atoms with van der Waals surface area (Å²) >= 11 is 8.56. The zero-order chi connectivity index (χ0) is 25.9. The molecule has 2 amide bonds. The number of carbonyl (C=O) groups excluding carboxylic acids is 2. The smallest absolute Gasteiger partial charge is 0.243 e. The maximum absolute atomic E-state index is 13.7. The molecule has 0 aromatic heterocycles. The normalized spacial score (nSPS) is 12.6. The lowest BCUT2D eigenvalue weighted by Crippen LogP contribution is -2.52. The van der Waals surface area contributed by atoms with Gasteiger partial charge in [-0.15, -0.1) is 11.8 Å². The first-order valence-electron chi connectivity index (χ1n) is 12.1. The van der Waals surface area contributed by atoms with Crippen LogP contribution in [0.25, 0.3) is 0 Å². The van der Waals surface area contributed by atoms with E-state index in [1.54, 1.807) is 16.7 Å². The van der Waals surface area contributed by atoms with E-state index in [4.69, 9.17) is 0 Å². The Hall–Kier alpha value is -2.09. The lowest BCUT2D eigenvalue weighted by atomic mass is 10.0. The van der Waals surface area contributed by atoms with E-state index in [0.29, 0.717) is 18.7 Å². The van der Waals surface area contributed by atoms with Crippen molar-refractivity contribution < 1.29 is 9.59 Å². The fraction of sp³-hybridized carbons (Fsp3) is 0.310. The van der Waals surface area contributed by atoms with Gasteiger partial charge in [0, 0.05) is 33.7 Å². The van der Waals surface area contributed by atoms with Crippen LogP contribution in [0.1, 0.15) is 37.0 Å². The lowest BCUT2D eigenvalue weighted by Gasteiger charge is -2.32. The van der Waals surface area contributed by atoms with Gasteiger partial charge in [-0.2, -0.15) is 0 Å². The van der Waals surface area contributed by atoms with Gasteiger partial charge in [-0.3, -0.25) is 9.59 Å². The molecule has 0 aliphatic heterocycles. The molecule has 3 rings (SSSR count). The predicted molar refractivity (Wildman–Crippen MR) is 157 cm³/mol. The predicted octanol–water partition coefficient (Wildman–Crippen LogP) is 7.00. The van der Waals surface area contributed by atoms with Crippen LogP contribution in [0.4, 0.5) is 0 Å². The average Bonchev–Trinajstić information content (AvgIpc) is 2.87. The number of nitrogens with zero attached hydrogens (tertiary/aromatic N) is 1. The molecule has 190 valence electrons. The Labute approximate surface area is 235 Å². The largest absolute Gasteiger partial charge is 0.352 e. The van der Waals surface area contributed by atoms with Crippen molar-refractivity contribution in [2.24, 2.45) is 0 Å². The Morgan fingerprint density at radius 1 is 0.889 bits per heavy atom. The first-order chi connectivity index (χ1) is 17.4. The zero-order valence-electron chi connectivity index (χ0n) is 20.6. The summed E-state index contributed by atoms with van der Waals surface area (Å²) in [4.78, 5) is 28.9. The molecule has 0 radical (unpaired) electrons. The van der Waals surface area contributed by atoms with Crippen molar-refractivity contribution in [3.8, 4) is 0 Å². The van der Waals surface area contributed by atoms with E-state index in [9.17, 15) is 9.59 Å². The highest BCUT2D eigenvalue weighted by Crippen LogP contribution is 2.21. The van der Waals surface area contributed by atoms with Crippen LogP contribution in [-0.2, 0) is 28.3 Å². The molecule has 0 aliphatic rings. The molecule has 0 unspecified atom stereocenters. The number of rotatable bonds is 12. The first-order valence-corrected chi connectivity index (χ1v) is 14.8. The summed E-state index contributed by atoms with van der Waals surface area (Å²) < 4.78 is 1.98. The summed E-state index contributed by atoms with van der Waals surface area (Å²) in [5.41, 5.74) is 3.16. The minimum Gasteiger partial charge on any atom is -0.352 e. The Morgan fingerprint density at radius 2 is 1.58 bits per heavy atom. The maximum atomic E-state index is 13.7. The second-order valence-corrected chi connectivity index (χ2v) is 11.6. The molecule has 0 saturated heterocycles. The summed E-state index contributed by atoms with van der Waals surface area (Å²) in [6, 6.07) is 25.4. The third-order valence-corrected chi connectivity index (χ3v) is 7.93. The third-order valence-electron chi connectivity index (χ3n) is 5.92. The van der Waals surface area contributed by atoms with Crippen molar-refractivity contribution in [3.05, 3.63) is 104 Å². The second kappa shape index (κ2) is 14.6. The molecule has 0 fully saturated rings. The Balaban J connectivity index is 1.85. The minimum atomic E-state index is -0.610. The molecular weight excluding hydrogens is 600 g/mol. The van der Waals surface area contributed by atoms with Crippen LogP contribution >= 0.6 is 43.6 Å². The van der Waals surface area contributed by atoms with E-state index in [1.165, 1.54) is 0 Å². The molecule has 0 saturated carbocycles. The fourth-order valence-corrected chi connectivity index (χ4v) is 5.33. The molecule has 1 N–H and O–H groups in total. The standard InChI is InChI=1S/C29H32Br2N2O2S/c1-3-21(2)32-29(35)27(17-22-8-5-4-6-9-22)33(18-24-10-7-11-26(31)16-24)28(34)20-36-19-23-12-14-25(30)15-13-23/h4-16,21,27H,3,17-20H2,1-2H3,(H,32,35)/t21-,27-/m0/s1. The van der Waals surface area contributed by atoms with E-state index in [0.717, 1.165) is 37.8 Å². The monoisotopic (exact) mass is 630 g/mol. The van der Waals surface area contributed by atoms with Crippen molar-refractivity contribution in [3.63, 3.8) is 0 Å². The number of nitrogens with one attached hydrogen (secondary N) is 1. The molecular formula is C29H32Br2N2O2S. The highest BCUT2D eigenvalue weighted by atomic mass is 79.9. The van der Waals surface area contributed by atoms with Crippen molar-refractivity contribution in [2.45, 2.75) is 51.1 Å². The quantitative estimate of drug-likeness (QED) is 0.234. The summed E-state index contributed by atoms with van der Waals surface area (Å²) in [5, 5.41) is 3.12. The van der Waals surface area contributed by atoms with Crippen LogP contribution < -0.4 is 5.32 Å². The van der Waals surface area contributed by atoms with E-state index < -0.39 is 6.04 Å². The average molecular weight is 632 g/mol. The van der Waals surface area contributed by atoms with Crippen molar-refractivity contribution >= 4 is 55.4 Å². The zero-order valence-corrected chi connectivity index (χ0v) is 24.6. The van der Waals surface area contributed by atoms with Crippen molar-refractivity contribution in [1.29, 1.82) is 0 Å². The van der Waals surface area contributed by atoms with Gasteiger partial charge in [0.25, 0.3) is 0 Å². The molecule has 4 nitrogen and oxygen atoms in total. The number of hydrogen-bond donors (Lipinski definition) is 1. The van der Waals surface area contributed by atoms with Gasteiger partial charge in [0.2, 0.25) is 11.8 Å². The number of halogens is 2. The van der Waals surface area contributed by atoms with Crippen LogP contribution in [-0.4, -0.2) is 34.6 Å². The number of benzene rings is 3. The number of thioether (sulfide) groups is 1. The van der Waals surface area contributed by atoms with Gasteiger partial charge in [-0.25, -0.2) is 0 Å². The molecule has 0 bridgehead atoms. The van der Waals surface area contributed by atoms with E-state index in [2.05, 4.69) is 49.3 Å². The van der Waals surface area contributed by atoms with Gasteiger partial charge < -0.3 is 10.2 Å². The van der Waals surface area contributed by atoms with Crippen LogP contribution in [0.2, 0.25) is 0 Å². The maximum Gasteiger partial charge on any atom is 0.243 e. The number of hydrogen-bond acceptors (Lipinski definition) is 3. The Morgan fingerprint density at radius 3 is 2.25 bits per heavy atom. The SMILES string of the molecule is CC[C@H](C)NC(=O)[C@H](Cc1ccccc1)N(Cc1cccc(Br)c1)C(=O)CSCc1ccc(Br)cc1. The molecule has 3 aromatic rings. The Kier molecular flexibility index (Phi) is 11.5. The Bertz CT molecular complexity index is 1130. The van der Waals surface area contributed by atoms with Crippen LogP contribution in [0.5, 0.6) is 0 Å². The van der Waals surface area contributed by atoms with Crippen LogP contribution in [0, 0.1) is 0 Å². The van der Waals surface area contributed by atoms with Gasteiger partial charge in [-0.05, 0) is 54.3 Å². The molecule has 2 atom stereocenters. The topological polar surface area (TPSA) is 49.4 Å². The molecule has 0 aliphatic carbocycles. The first kappa shape index (κ1) is 28.5. The highest BCUT2D eigenvalue weighted by Gasteiger charge is 2.30. The molecule has 3 aromatic carbocycles. The fourth-order valence-electron chi connectivity index (χ4n) is 3.75. The van der Waals surface area contributed by atoms with Crippen LogP contribution in [0.15, 0.2) is 87.8 Å². The molecule has 36 heavy (non-hydrogen) atoms. The lowest BCUT2D eigenvalue weighted by molar-refractivity contribution is -0.139. The summed E-state index contributed by atoms with van der Waals surface area (Å²) in [5.74, 6) is 0.866. The summed E-state index contributed by atoms with van der Waals surface area (Å²) in [6.45, 7) is 4.40. The van der Waals surface area contributed by atoms with Gasteiger partial charge in [0.1, 0.15) is 6.04 Å². The molecule has 7 heteroatoms. The van der Waals surface area contributed by atoms with Crippen molar-refractivity contribution in [1.82, 2.24) is 10.2 Å².